The van der Waals surface area contributed by atoms with Crippen LogP contribution < -0.4 is 9.64 Å². The maximum atomic E-state index is 12.9. The van der Waals surface area contributed by atoms with Gasteiger partial charge in [-0.3, -0.25) is 4.79 Å². The Hall–Kier alpha value is -3.08. The highest BCUT2D eigenvalue weighted by Gasteiger charge is 2.34. The number of anilines is 1. The molecule has 0 unspecified atom stereocenters. The molecule has 1 amide bonds. The van der Waals surface area contributed by atoms with Crippen molar-refractivity contribution in [3.63, 3.8) is 0 Å². The molecule has 2 aromatic carbocycles. The van der Waals surface area contributed by atoms with Gasteiger partial charge in [-0.15, -0.1) is 0 Å². The zero-order chi connectivity index (χ0) is 20.1. The predicted octanol–water partition coefficient (Wildman–Crippen LogP) is 4.01. The van der Waals surface area contributed by atoms with E-state index in [1.165, 1.54) is 6.08 Å². The number of ether oxygens (including phenoxy) is 2. The number of esters is 1. The summed E-state index contributed by atoms with van der Waals surface area (Å²) in [5.74, 6) is -0.0816. The first-order chi connectivity index (χ1) is 13.5. The molecule has 0 spiro atoms. The molecule has 1 heterocycles. The van der Waals surface area contributed by atoms with Gasteiger partial charge < -0.3 is 14.4 Å². The SMILES string of the molecule is CCOc1ccccc1/C=C/C(=O)O[C@H](C)C(=O)N1c2ccccc2C[C@H]1C. The van der Waals surface area contributed by atoms with E-state index in [-0.39, 0.29) is 11.9 Å². The van der Waals surface area contributed by atoms with Gasteiger partial charge in [-0.05, 0) is 51.0 Å². The molecule has 0 aromatic heterocycles. The normalized spacial score (nSPS) is 16.7. The van der Waals surface area contributed by atoms with E-state index < -0.39 is 12.1 Å². The smallest absolute Gasteiger partial charge is 0.331 e. The van der Waals surface area contributed by atoms with Crippen molar-refractivity contribution in [2.45, 2.75) is 39.3 Å². The molecule has 0 N–H and O–H groups in total. The van der Waals surface area contributed by atoms with Crippen molar-refractivity contribution >= 4 is 23.6 Å². The van der Waals surface area contributed by atoms with Gasteiger partial charge in [-0.25, -0.2) is 4.79 Å². The van der Waals surface area contributed by atoms with Gasteiger partial charge >= 0.3 is 5.97 Å². The first-order valence-electron chi connectivity index (χ1n) is 9.52. The third-order valence-electron chi connectivity index (χ3n) is 4.70. The van der Waals surface area contributed by atoms with Crippen LogP contribution in [0, 0.1) is 0 Å². The number of para-hydroxylation sites is 2. The second-order valence-corrected chi connectivity index (χ2v) is 6.77. The molecule has 0 saturated heterocycles. The molecular weight excluding hydrogens is 354 g/mol. The fourth-order valence-corrected chi connectivity index (χ4v) is 3.42. The predicted molar refractivity (Wildman–Crippen MR) is 109 cm³/mol. The molecule has 1 aliphatic rings. The molecule has 0 aliphatic carbocycles. The van der Waals surface area contributed by atoms with E-state index >= 15 is 0 Å². The lowest BCUT2D eigenvalue weighted by atomic mass is 10.1. The van der Waals surface area contributed by atoms with Gasteiger partial charge in [0.25, 0.3) is 5.91 Å². The summed E-state index contributed by atoms with van der Waals surface area (Å²) in [4.78, 5) is 26.8. The summed E-state index contributed by atoms with van der Waals surface area (Å²) in [6, 6.07) is 15.3. The van der Waals surface area contributed by atoms with Crippen molar-refractivity contribution in [2.75, 3.05) is 11.5 Å². The standard InChI is InChI=1S/C23H25NO4/c1-4-27-21-12-8-6-9-18(21)13-14-22(25)28-17(3)23(26)24-16(2)15-19-10-5-7-11-20(19)24/h5-14,16-17H,4,15H2,1-3H3/b14-13+/t16-,17-/m1/s1. The van der Waals surface area contributed by atoms with Crippen molar-refractivity contribution in [3.8, 4) is 5.75 Å². The van der Waals surface area contributed by atoms with Gasteiger partial charge in [0.15, 0.2) is 6.10 Å². The molecule has 0 saturated carbocycles. The number of hydrogen-bond acceptors (Lipinski definition) is 4. The highest BCUT2D eigenvalue weighted by Crippen LogP contribution is 2.32. The Balaban J connectivity index is 1.65. The van der Waals surface area contributed by atoms with Crippen LogP contribution in [0.3, 0.4) is 0 Å². The Morgan fingerprint density at radius 1 is 1.18 bits per heavy atom. The van der Waals surface area contributed by atoms with E-state index in [0.717, 1.165) is 23.2 Å². The van der Waals surface area contributed by atoms with Crippen LogP contribution in [0.1, 0.15) is 31.9 Å². The van der Waals surface area contributed by atoms with Crippen molar-refractivity contribution in [3.05, 3.63) is 65.7 Å². The zero-order valence-electron chi connectivity index (χ0n) is 16.4. The van der Waals surface area contributed by atoms with Gasteiger partial charge in [0.1, 0.15) is 5.75 Å². The fourth-order valence-electron chi connectivity index (χ4n) is 3.42. The summed E-state index contributed by atoms with van der Waals surface area (Å²) >= 11 is 0. The van der Waals surface area contributed by atoms with Crippen LogP contribution in [0.4, 0.5) is 5.69 Å². The number of benzene rings is 2. The minimum Gasteiger partial charge on any atom is -0.493 e. The quantitative estimate of drug-likeness (QED) is 0.562. The Morgan fingerprint density at radius 3 is 2.68 bits per heavy atom. The summed E-state index contributed by atoms with van der Waals surface area (Å²) in [5, 5.41) is 0. The highest BCUT2D eigenvalue weighted by molar-refractivity contribution is 6.00. The van der Waals surface area contributed by atoms with Crippen molar-refractivity contribution in [1.82, 2.24) is 0 Å². The Labute approximate surface area is 165 Å². The first kappa shape index (κ1) is 19.7. The summed E-state index contributed by atoms with van der Waals surface area (Å²) in [6.45, 7) is 6.04. The van der Waals surface area contributed by atoms with Crippen molar-refractivity contribution < 1.29 is 19.1 Å². The lowest BCUT2D eigenvalue weighted by molar-refractivity contribution is -0.149. The van der Waals surface area contributed by atoms with Crippen LogP contribution >= 0.6 is 0 Å². The van der Waals surface area contributed by atoms with Gasteiger partial charge in [-0.2, -0.15) is 0 Å². The molecule has 0 fully saturated rings. The average molecular weight is 379 g/mol. The fraction of sp³-hybridized carbons (Fsp3) is 0.304. The van der Waals surface area contributed by atoms with Gasteiger partial charge in [-0.1, -0.05) is 36.4 Å². The maximum Gasteiger partial charge on any atom is 0.331 e. The largest absolute Gasteiger partial charge is 0.493 e. The topological polar surface area (TPSA) is 55.8 Å². The first-order valence-corrected chi connectivity index (χ1v) is 9.52. The third kappa shape index (κ3) is 4.25. The summed E-state index contributed by atoms with van der Waals surface area (Å²) in [7, 11) is 0. The highest BCUT2D eigenvalue weighted by atomic mass is 16.5. The van der Waals surface area contributed by atoms with Gasteiger partial charge in [0.05, 0.1) is 6.61 Å². The summed E-state index contributed by atoms with van der Waals surface area (Å²) in [6.07, 6.45) is 2.89. The second-order valence-electron chi connectivity index (χ2n) is 6.77. The summed E-state index contributed by atoms with van der Waals surface area (Å²) < 4.78 is 10.9. The van der Waals surface area contributed by atoms with E-state index in [9.17, 15) is 9.59 Å². The average Bonchev–Trinajstić information content (AvgIpc) is 3.02. The number of rotatable bonds is 6. The number of carbonyl (C=O) groups is 2. The van der Waals surface area contributed by atoms with Gasteiger partial charge in [0.2, 0.25) is 0 Å². The number of hydrogen-bond donors (Lipinski definition) is 0. The van der Waals surface area contributed by atoms with E-state index in [1.54, 1.807) is 17.9 Å². The Kier molecular flexibility index (Phi) is 6.14. The molecule has 28 heavy (non-hydrogen) atoms. The molecule has 0 radical (unpaired) electrons. The van der Waals surface area contributed by atoms with E-state index in [2.05, 4.69) is 0 Å². The van der Waals surface area contributed by atoms with Crippen LogP contribution in [0.5, 0.6) is 5.75 Å². The molecule has 146 valence electrons. The molecule has 5 nitrogen and oxygen atoms in total. The number of nitrogens with zero attached hydrogens (tertiary/aromatic N) is 1. The van der Waals surface area contributed by atoms with E-state index in [4.69, 9.17) is 9.47 Å². The minimum absolute atomic E-state index is 0.0414. The van der Waals surface area contributed by atoms with Crippen molar-refractivity contribution in [2.24, 2.45) is 0 Å². The lowest BCUT2D eigenvalue weighted by Gasteiger charge is -2.25. The lowest BCUT2D eigenvalue weighted by Crippen LogP contribution is -2.43. The summed E-state index contributed by atoms with van der Waals surface area (Å²) in [5.41, 5.74) is 2.81. The molecule has 5 heteroatoms. The van der Waals surface area contributed by atoms with Crippen LogP contribution in [0.15, 0.2) is 54.6 Å². The Bertz CT molecular complexity index is 890. The van der Waals surface area contributed by atoms with E-state index in [0.29, 0.717) is 12.4 Å². The third-order valence-corrected chi connectivity index (χ3v) is 4.70. The van der Waals surface area contributed by atoms with Gasteiger partial charge in [0, 0.05) is 23.4 Å². The molecule has 3 rings (SSSR count). The Morgan fingerprint density at radius 2 is 1.89 bits per heavy atom. The number of carbonyl (C=O) groups excluding carboxylic acids is 2. The minimum atomic E-state index is -0.868. The van der Waals surface area contributed by atoms with Crippen LogP contribution in [-0.2, 0) is 20.7 Å². The molecule has 2 atom stereocenters. The molecule has 0 bridgehead atoms. The maximum absolute atomic E-state index is 12.9. The monoisotopic (exact) mass is 379 g/mol. The second kappa shape index (κ2) is 8.74. The van der Waals surface area contributed by atoms with Crippen LogP contribution in [-0.4, -0.2) is 30.6 Å². The molecular formula is C23H25NO4. The van der Waals surface area contributed by atoms with Crippen LogP contribution in [0.25, 0.3) is 6.08 Å². The molecule has 2 aromatic rings. The zero-order valence-corrected chi connectivity index (χ0v) is 16.4. The number of fused-ring (bicyclic) bond motifs is 1. The van der Waals surface area contributed by atoms with E-state index in [1.807, 2.05) is 62.4 Å². The molecule has 1 aliphatic heterocycles. The van der Waals surface area contributed by atoms with Crippen LogP contribution in [0.2, 0.25) is 0 Å². The number of amides is 1. The van der Waals surface area contributed by atoms with Crippen molar-refractivity contribution in [1.29, 1.82) is 0 Å².